The van der Waals surface area contributed by atoms with Gasteiger partial charge in [-0.1, -0.05) is 0 Å². The van der Waals surface area contributed by atoms with Gasteiger partial charge >= 0.3 is 11.9 Å². The van der Waals surface area contributed by atoms with Crippen LogP contribution in [-0.4, -0.2) is 27.3 Å². The van der Waals surface area contributed by atoms with Crippen molar-refractivity contribution in [2.45, 2.75) is 0 Å². The van der Waals surface area contributed by atoms with E-state index in [0.29, 0.717) is 0 Å². The highest BCUT2D eigenvalue weighted by atomic mass is 79.9. The molecule has 1 aromatic carbocycles. The van der Waals surface area contributed by atoms with E-state index >= 15 is 0 Å². The smallest absolute Gasteiger partial charge is 0.340 e. The van der Waals surface area contributed by atoms with Crippen LogP contribution in [0, 0.1) is 0 Å². The first kappa shape index (κ1) is 10.5. The monoisotopic (exact) mass is 260 g/mol. The minimum atomic E-state index is -1.39. The van der Waals surface area contributed by atoms with Gasteiger partial charge in [0, 0.05) is 0 Å². The molecule has 0 radical (unpaired) electrons. The molecule has 3 N–H and O–H groups in total. The second kappa shape index (κ2) is 3.67. The zero-order chi connectivity index (χ0) is 10.9. The minimum absolute atomic E-state index is 0.141. The molecule has 0 aliphatic heterocycles. The van der Waals surface area contributed by atoms with Gasteiger partial charge in [-0.25, -0.2) is 9.59 Å². The number of carbonyl (C=O) groups is 2. The third-order valence-electron chi connectivity index (χ3n) is 1.56. The van der Waals surface area contributed by atoms with Gasteiger partial charge in [0.1, 0.15) is 11.3 Å². The van der Waals surface area contributed by atoms with Gasteiger partial charge in [0.15, 0.2) is 0 Å². The molecular formula is C8H5BrO5. The molecule has 5 nitrogen and oxygen atoms in total. The van der Waals surface area contributed by atoms with Crippen molar-refractivity contribution in [3.63, 3.8) is 0 Å². The highest BCUT2D eigenvalue weighted by Crippen LogP contribution is 2.29. The van der Waals surface area contributed by atoms with Crippen LogP contribution in [0.2, 0.25) is 0 Å². The summed E-state index contributed by atoms with van der Waals surface area (Å²) in [6.45, 7) is 0. The predicted molar refractivity (Wildman–Crippen MR) is 49.7 cm³/mol. The van der Waals surface area contributed by atoms with Gasteiger partial charge in [-0.05, 0) is 28.1 Å². The van der Waals surface area contributed by atoms with E-state index in [4.69, 9.17) is 15.3 Å². The first-order valence-electron chi connectivity index (χ1n) is 3.43. The van der Waals surface area contributed by atoms with E-state index in [1.54, 1.807) is 0 Å². The first-order valence-corrected chi connectivity index (χ1v) is 4.22. The highest BCUT2D eigenvalue weighted by Gasteiger charge is 2.20. The Morgan fingerprint density at radius 3 is 2.14 bits per heavy atom. The van der Waals surface area contributed by atoms with Crippen LogP contribution in [-0.2, 0) is 0 Å². The van der Waals surface area contributed by atoms with E-state index in [2.05, 4.69) is 15.9 Å². The molecule has 0 aliphatic carbocycles. The van der Waals surface area contributed by atoms with E-state index in [9.17, 15) is 9.59 Å². The molecule has 1 aromatic rings. The Bertz CT molecular complexity index is 412. The second-order valence-corrected chi connectivity index (χ2v) is 3.22. The number of benzene rings is 1. The topological polar surface area (TPSA) is 94.8 Å². The summed E-state index contributed by atoms with van der Waals surface area (Å²) < 4.78 is -0.141. The Kier molecular flexibility index (Phi) is 2.76. The van der Waals surface area contributed by atoms with Crippen LogP contribution < -0.4 is 0 Å². The molecule has 0 atom stereocenters. The Balaban J connectivity index is 3.49. The lowest BCUT2D eigenvalue weighted by molar-refractivity contribution is 0.0692. The number of aromatic hydroxyl groups is 1. The lowest BCUT2D eigenvalue weighted by Crippen LogP contribution is -2.04. The SMILES string of the molecule is O=C(O)c1ccc(O)c(C(=O)O)c1Br. The van der Waals surface area contributed by atoms with E-state index in [0.717, 1.165) is 12.1 Å². The first-order chi connectivity index (χ1) is 6.45. The van der Waals surface area contributed by atoms with Crippen molar-refractivity contribution in [1.29, 1.82) is 0 Å². The molecule has 0 unspecified atom stereocenters. The summed E-state index contributed by atoms with van der Waals surface area (Å²) >= 11 is 2.81. The van der Waals surface area contributed by atoms with E-state index < -0.39 is 23.3 Å². The number of phenols is 1. The number of hydrogen-bond acceptors (Lipinski definition) is 3. The second-order valence-electron chi connectivity index (χ2n) is 2.43. The summed E-state index contributed by atoms with van der Waals surface area (Å²) in [6.07, 6.45) is 0. The normalized spacial score (nSPS) is 9.79. The van der Waals surface area contributed by atoms with Crippen LogP contribution in [0.1, 0.15) is 20.7 Å². The molecule has 0 heterocycles. The third-order valence-corrected chi connectivity index (χ3v) is 2.39. The van der Waals surface area contributed by atoms with Gasteiger partial charge in [-0.15, -0.1) is 0 Å². The van der Waals surface area contributed by atoms with Crippen molar-refractivity contribution in [1.82, 2.24) is 0 Å². The van der Waals surface area contributed by atoms with Crippen LogP contribution >= 0.6 is 15.9 Å². The quantitative estimate of drug-likeness (QED) is 0.750. The average molecular weight is 261 g/mol. The van der Waals surface area contributed by atoms with Crippen LogP contribution in [0.5, 0.6) is 5.75 Å². The lowest BCUT2D eigenvalue weighted by Gasteiger charge is -2.04. The van der Waals surface area contributed by atoms with E-state index in [1.807, 2.05) is 0 Å². The van der Waals surface area contributed by atoms with Crippen LogP contribution in [0.15, 0.2) is 16.6 Å². The van der Waals surface area contributed by atoms with Gasteiger partial charge in [0.05, 0.1) is 10.0 Å². The van der Waals surface area contributed by atoms with Crippen molar-refractivity contribution >= 4 is 27.9 Å². The predicted octanol–water partition coefficient (Wildman–Crippen LogP) is 1.55. The fourth-order valence-electron chi connectivity index (χ4n) is 0.934. The zero-order valence-corrected chi connectivity index (χ0v) is 8.28. The third kappa shape index (κ3) is 1.69. The number of carboxylic acids is 2. The summed E-state index contributed by atoms with van der Waals surface area (Å²) in [5, 5.41) is 26.5. The lowest BCUT2D eigenvalue weighted by atomic mass is 10.1. The highest BCUT2D eigenvalue weighted by molar-refractivity contribution is 9.10. The Hall–Kier alpha value is -1.56. The number of hydrogen-bond donors (Lipinski definition) is 3. The Morgan fingerprint density at radius 2 is 1.71 bits per heavy atom. The summed E-state index contributed by atoms with van der Waals surface area (Å²) in [6, 6.07) is 2.14. The summed E-state index contributed by atoms with van der Waals surface area (Å²) in [5.74, 6) is -3.13. The van der Waals surface area contributed by atoms with Crippen LogP contribution in [0.3, 0.4) is 0 Å². The van der Waals surface area contributed by atoms with Gasteiger partial charge in [0.25, 0.3) is 0 Å². The van der Waals surface area contributed by atoms with Crippen molar-refractivity contribution in [3.8, 4) is 5.75 Å². The molecular weight excluding hydrogens is 256 g/mol. The van der Waals surface area contributed by atoms with Crippen LogP contribution in [0.4, 0.5) is 0 Å². The van der Waals surface area contributed by atoms with E-state index in [1.165, 1.54) is 0 Å². The van der Waals surface area contributed by atoms with Gasteiger partial charge in [-0.2, -0.15) is 0 Å². The molecule has 0 fully saturated rings. The van der Waals surface area contributed by atoms with Crippen molar-refractivity contribution in [3.05, 3.63) is 27.7 Å². The maximum atomic E-state index is 10.6. The molecule has 0 saturated carbocycles. The average Bonchev–Trinajstić information content (AvgIpc) is 2.02. The molecule has 0 bridgehead atoms. The summed E-state index contributed by atoms with van der Waals surface area (Å²) in [7, 11) is 0. The standard InChI is InChI=1S/C8H5BrO5/c9-6-3(7(11)12)1-2-4(10)5(6)8(13)14/h1-2,10H,(H,11,12)(H,13,14). The fraction of sp³-hybridized carbons (Fsp3) is 0. The van der Waals surface area contributed by atoms with Crippen molar-refractivity contribution < 1.29 is 24.9 Å². The largest absolute Gasteiger partial charge is 0.507 e. The zero-order valence-electron chi connectivity index (χ0n) is 6.69. The number of halogens is 1. The minimum Gasteiger partial charge on any atom is -0.507 e. The molecule has 6 heteroatoms. The molecule has 0 aliphatic rings. The Morgan fingerprint density at radius 1 is 1.14 bits per heavy atom. The molecule has 14 heavy (non-hydrogen) atoms. The number of aromatic carboxylic acids is 2. The van der Waals surface area contributed by atoms with Crippen molar-refractivity contribution in [2.24, 2.45) is 0 Å². The molecule has 0 spiro atoms. The maximum absolute atomic E-state index is 10.6. The van der Waals surface area contributed by atoms with Crippen LogP contribution in [0.25, 0.3) is 0 Å². The number of rotatable bonds is 2. The van der Waals surface area contributed by atoms with Crippen molar-refractivity contribution in [2.75, 3.05) is 0 Å². The Labute approximate surface area is 86.7 Å². The maximum Gasteiger partial charge on any atom is 0.340 e. The number of carboxylic acid groups (broad SMARTS) is 2. The molecule has 0 amide bonds. The van der Waals surface area contributed by atoms with Gasteiger partial charge in [0.2, 0.25) is 0 Å². The van der Waals surface area contributed by atoms with Gasteiger partial charge in [-0.3, -0.25) is 0 Å². The molecule has 1 rings (SSSR count). The van der Waals surface area contributed by atoms with Gasteiger partial charge < -0.3 is 15.3 Å². The molecule has 0 saturated heterocycles. The summed E-state index contributed by atoms with van der Waals surface area (Å²) in [5.41, 5.74) is -0.662. The fourth-order valence-corrected chi connectivity index (χ4v) is 1.61. The molecule has 0 aromatic heterocycles. The van der Waals surface area contributed by atoms with E-state index in [-0.39, 0.29) is 10.0 Å². The molecule has 74 valence electrons. The summed E-state index contributed by atoms with van der Waals surface area (Å²) in [4.78, 5) is 21.2.